The summed E-state index contributed by atoms with van der Waals surface area (Å²) in [6.07, 6.45) is 3.81. The average molecular weight is 284 g/mol. The SMILES string of the molecule is Clc1csc(CNC2CCCc3sccc32)c1. The van der Waals surface area contributed by atoms with Crippen molar-refractivity contribution >= 4 is 34.3 Å². The highest BCUT2D eigenvalue weighted by molar-refractivity contribution is 7.10. The molecule has 0 saturated heterocycles. The third kappa shape index (κ3) is 2.58. The zero-order chi connectivity index (χ0) is 11.7. The molecule has 0 aliphatic heterocycles. The Bertz CT molecular complexity index is 503. The van der Waals surface area contributed by atoms with E-state index in [0.717, 1.165) is 11.6 Å². The van der Waals surface area contributed by atoms with Crippen molar-refractivity contribution in [3.63, 3.8) is 0 Å². The van der Waals surface area contributed by atoms with Crippen LogP contribution in [0.5, 0.6) is 0 Å². The topological polar surface area (TPSA) is 12.0 Å². The first-order chi connectivity index (χ1) is 8.33. The number of hydrogen-bond acceptors (Lipinski definition) is 3. The monoisotopic (exact) mass is 283 g/mol. The smallest absolute Gasteiger partial charge is 0.0516 e. The molecule has 3 rings (SSSR count). The Labute approximate surface area is 114 Å². The van der Waals surface area contributed by atoms with Gasteiger partial charge in [-0.3, -0.25) is 0 Å². The van der Waals surface area contributed by atoms with Crippen LogP contribution in [0, 0.1) is 0 Å². The predicted molar refractivity (Wildman–Crippen MR) is 76.2 cm³/mol. The molecular formula is C13H14ClNS2. The van der Waals surface area contributed by atoms with Gasteiger partial charge in [0, 0.05) is 27.7 Å². The third-order valence-corrected chi connectivity index (χ3v) is 5.48. The Morgan fingerprint density at radius 3 is 3.18 bits per heavy atom. The first-order valence-electron chi connectivity index (χ1n) is 5.85. The van der Waals surface area contributed by atoms with Gasteiger partial charge in [0.2, 0.25) is 0 Å². The minimum absolute atomic E-state index is 0.533. The maximum Gasteiger partial charge on any atom is 0.0516 e. The molecule has 0 fully saturated rings. The van der Waals surface area contributed by atoms with E-state index in [4.69, 9.17) is 11.6 Å². The molecular weight excluding hydrogens is 270 g/mol. The van der Waals surface area contributed by atoms with Crippen molar-refractivity contribution in [3.8, 4) is 0 Å². The molecule has 0 amide bonds. The molecule has 0 saturated carbocycles. The highest BCUT2D eigenvalue weighted by Crippen LogP contribution is 2.33. The largest absolute Gasteiger partial charge is 0.305 e. The van der Waals surface area contributed by atoms with E-state index in [2.05, 4.69) is 22.8 Å². The number of rotatable bonds is 3. The van der Waals surface area contributed by atoms with E-state index in [0.29, 0.717) is 6.04 Å². The van der Waals surface area contributed by atoms with Gasteiger partial charge in [0.25, 0.3) is 0 Å². The lowest BCUT2D eigenvalue weighted by molar-refractivity contribution is 0.465. The van der Waals surface area contributed by atoms with Gasteiger partial charge in [-0.05, 0) is 42.3 Å². The minimum atomic E-state index is 0.533. The molecule has 0 radical (unpaired) electrons. The number of halogens is 1. The summed E-state index contributed by atoms with van der Waals surface area (Å²) in [5, 5.41) is 8.72. The van der Waals surface area contributed by atoms with Gasteiger partial charge in [-0.2, -0.15) is 0 Å². The zero-order valence-corrected chi connectivity index (χ0v) is 11.8. The summed E-state index contributed by atoms with van der Waals surface area (Å²) >= 11 is 9.56. The number of hydrogen-bond donors (Lipinski definition) is 1. The second-order valence-electron chi connectivity index (χ2n) is 4.36. The molecule has 2 heterocycles. The standard InChI is InChI=1S/C13H14ClNS2/c14-9-6-10(17-8-9)7-15-12-2-1-3-13-11(12)4-5-16-13/h4-6,8,12,15H,1-3,7H2. The van der Waals surface area contributed by atoms with Crippen LogP contribution in [0.2, 0.25) is 5.02 Å². The van der Waals surface area contributed by atoms with Gasteiger partial charge in [0.15, 0.2) is 0 Å². The molecule has 17 heavy (non-hydrogen) atoms. The molecule has 0 bridgehead atoms. The van der Waals surface area contributed by atoms with Crippen LogP contribution < -0.4 is 5.32 Å². The molecule has 1 unspecified atom stereocenters. The Kier molecular flexibility index (Phi) is 3.52. The van der Waals surface area contributed by atoms with Crippen LogP contribution in [0.3, 0.4) is 0 Å². The second kappa shape index (κ2) is 5.11. The Balaban J connectivity index is 1.67. The van der Waals surface area contributed by atoms with Crippen LogP contribution in [-0.2, 0) is 13.0 Å². The third-order valence-electron chi connectivity index (χ3n) is 3.20. The lowest BCUT2D eigenvalue weighted by atomic mass is 9.94. The van der Waals surface area contributed by atoms with Crippen molar-refractivity contribution in [1.82, 2.24) is 5.32 Å². The van der Waals surface area contributed by atoms with Crippen molar-refractivity contribution < 1.29 is 0 Å². The molecule has 1 aliphatic carbocycles. The van der Waals surface area contributed by atoms with E-state index in [1.807, 2.05) is 16.7 Å². The van der Waals surface area contributed by atoms with Gasteiger partial charge < -0.3 is 5.32 Å². The fourth-order valence-electron chi connectivity index (χ4n) is 2.37. The lowest BCUT2D eigenvalue weighted by Gasteiger charge is -2.23. The van der Waals surface area contributed by atoms with Crippen molar-refractivity contribution in [2.75, 3.05) is 0 Å². The van der Waals surface area contributed by atoms with Gasteiger partial charge in [0.05, 0.1) is 5.02 Å². The molecule has 2 aromatic heterocycles. The van der Waals surface area contributed by atoms with E-state index in [-0.39, 0.29) is 0 Å². The first-order valence-corrected chi connectivity index (χ1v) is 7.99. The number of thiophene rings is 2. The summed E-state index contributed by atoms with van der Waals surface area (Å²) in [6.45, 7) is 0.928. The average Bonchev–Trinajstić information content (AvgIpc) is 2.94. The molecule has 1 atom stereocenters. The highest BCUT2D eigenvalue weighted by atomic mass is 35.5. The number of aryl methyl sites for hydroxylation is 1. The Morgan fingerprint density at radius 2 is 2.35 bits per heavy atom. The first kappa shape index (κ1) is 11.7. The molecule has 1 aliphatic rings. The van der Waals surface area contributed by atoms with Crippen LogP contribution in [-0.4, -0.2) is 0 Å². The fraction of sp³-hybridized carbons (Fsp3) is 0.385. The molecule has 4 heteroatoms. The van der Waals surface area contributed by atoms with E-state index >= 15 is 0 Å². The van der Waals surface area contributed by atoms with Crippen LogP contribution >= 0.6 is 34.3 Å². The lowest BCUT2D eigenvalue weighted by Crippen LogP contribution is -2.23. The van der Waals surface area contributed by atoms with Crippen molar-refractivity contribution in [1.29, 1.82) is 0 Å². The highest BCUT2D eigenvalue weighted by Gasteiger charge is 2.20. The number of nitrogens with one attached hydrogen (secondary N) is 1. The van der Waals surface area contributed by atoms with Crippen LogP contribution in [0.4, 0.5) is 0 Å². The van der Waals surface area contributed by atoms with Crippen LogP contribution in [0.15, 0.2) is 22.9 Å². The van der Waals surface area contributed by atoms with Gasteiger partial charge in [-0.25, -0.2) is 0 Å². The fourth-order valence-corrected chi connectivity index (χ4v) is 4.38. The molecule has 2 aromatic rings. The summed E-state index contributed by atoms with van der Waals surface area (Å²) in [6, 6.07) is 4.86. The number of fused-ring (bicyclic) bond motifs is 1. The zero-order valence-electron chi connectivity index (χ0n) is 9.41. The van der Waals surface area contributed by atoms with Gasteiger partial charge >= 0.3 is 0 Å². The molecule has 90 valence electrons. The molecule has 0 aromatic carbocycles. The second-order valence-corrected chi connectivity index (χ2v) is 6.79. The van der Waals surface area contributed by atoms with Crippen molar-refractivity contribution in [2.24, 2.45) is 0 Å². The summed E-state index contributed by atoms with van der Waals surface area (Å²) < 4.78 is 0. The maximum absolute atomic E-state index is 5.93. The van der Waals surface area contributed by atoms with Gasteiger partial charge in [-0.1, -0.05) is 11.6 Å². The maximum atomic E-state index is 5.93. The van der Waals surface area contributed by atoms with E-state index < -0.39 is 0 Å². The van der Waals surface area contributed by atoms with E-state index in [1.165, 1.54) is 29.7 Å². The van der Waals surface area contributed by atoms with E-state index in [1.54, 1.807) is 16.2 Å². The van der Waals surface area contributed by atoms with Crippen molar-refractivity contribution in [2.45, 2.75) is 31.8 Å². The minimum Gasteiger partial charge on any atom is -0.305 e. The normalized spacial score (nSPS) is 19.2. The Hall–Kier alpha value is -0.350. The molecule has 1 N–H and O–H groups in total. The quantitative estimate of drug-likeness (QED) is 0.866. The van der Waals surface area contributed by atoms with E-state index in [9.17, 15) is 0 Å². The summed E-state index contributed by atoms with van der Waals surface area (Å²) in [7, 11) is 0. The summed E-state index contributed by atoms with van der Waals surface area (Å²) in [4.78, 5) is 2.88. The predicted octanol–water partition coefficient (Wildman–Crippen LogP) is 4.63. The van der Waals surface area contributed by atoms with Gasteiger partial charge in [0.1, 0.15) is 0 Å². The van der Waals surface area contributed by atoms with Crippen LogP contribution in [0.1, 0.15) is 34.2 Å². The van der Waals surface area contributed by atoms with Crippen LogP contribution in [0.25, 0.3) is 0 Å². The molecule has 1 nitrogen and oxygen atoms in total. The van der Waals surface area contributed by atoms with Crippen molar-refractivity contribution in [3.05, 3.63) is 43.2 Å². The summed E-state index contributed by atoms with van der Waals surface area (Å²) in [5.41, 5.74) is 1.52. The van der Waals surface area contributed by atoms with Gasteiger partial charge in [-0.15, -0.1) is 22.7 Å². The summed E-state index contributed by atoms with van der Waals surface area (Å²) in [5.74, 6) is 0. The molecule has 0 spiro atoms. The Morgan fingerprint density at radius 1 is 1.41 bits per heavy atom.